The molecule has 0 aromatic heterocycles. The molecule has 2 nitrogen and oxygen atoms in total. The molecule has 20 heavy (non-hydrogen) atoms. The summed E-state index contributed by atoms with van der Waals surface area (Å²) in [6, 6.07) is 14.3. The van der Waals surface area contributed by atoms with Crippen molar-refractivity contribution in [3.8, 4) is 0 Å². The van der Waals surface area contributed by atoms with Crippen molar-refractivity contribution in [3.63, 3.8) is 0 Å². The highest BCUT2D eigenvalue weighted by molar-refractivity contribution is 5.32. The fourth-order valence-corrected chi connectivity index (χ4v) is 2.71. The zero-order valence-corrected chi connectivity index (χ0v) is 11.1. The first-order chi connectivity index (χ1) is 9.74. The molecular weight excluding hydrogens is 255 g/mol. The van der Waals surface area contributed by atoms with Crippen LogP contribution in [0, 0.1) is 5.82 Å². The Bertz CT molecular complexity index is 580. The van der Waals surface area contributed by atoms with Gasteiger partial charge in [0.25, 0.3) is 0 Å². The summed E-state index contributed by atoms with van der Waals surface area (Å²) in [5.41, 5.74) is 3.21. The largest absolute Gasteiger partial charge is 0.390 e. The monoisotopic (exact) mass is 272 g/mol. The van der Waals surface area contributed by atoms with E-state index in [1.807, 2.05) is 18.2 Å². The Balaban J connectivity index is 1.78. The second kappa shape index (κ2) is 5.73. The van der Waals surface area contributed by atoms with Crippen LogP contribution in [-0.4, -0.2) is 17.8 Å². The minimum atomic E-state index is -0.623. The molecule has 1 N–H and O–H groups in total. The van der Waals surface area contributed by atoms with Gasteiger partial charge in [-0.2, -0.15) is 0 Å². The second-order valence-electron chi connectivity index (χ2n) is 5.14. The molecule has 0 bridgehead atoms. The van der Waals surface area contributed by atoms with E-state index in [9.17, 15) is 9.50 Å². The van der Waals surface area contributed by atoms with Gasteiger partial charge in [-0.3, -0.25) is 0 Å². The van der Waals surface area contributed by atoms with Gasteiger partial charge in [0.15, 0.2) is 0 Å². The van der Waals surface area contributed by atoms with Gasteiger partial charge in [0.2, 0.25) is 0 Å². The Hall–Kier alpha value is -1.71. The fraction of sp³-hybridized carbons (Fsp3) is 0.294. The molecule has 3 heteroatoms. The molecule has 0 saturated carbocycles. The van der Waals surface area contributed by atoms with Crippen molar-refractivity contribution in [1.29, 1.82) is 0 Å². The summed E-state index contributed by atoms with van der Waals surface area (Å²) in [5, 5.41) is 10.4. The molecule has 1 aliphatic rings. The van der Waals surface area contributed by atoms with Crippen LogP contribution in [0.2, 0.25) is 0 Å². The summed E-state index contributed by atoms with van der Waals surface area (Å²) in [5.74, 6) is -0.262. The van der Waals surface area contributed by atoms with Crippen LogP contribution in [-0.2, 0) is 17.6 Å². The van der Waals surface area contributed by atoms with Crippen LogP contribution in [0.25, 0.3) is 0 Å². The van der Waals surface area contributed by atoms with Crippen molar-refractivity contribution >= 4 is 0 Å². The Morgan fingerprint density at radius 2 is 1.90 bits per heavy atom. The zero-order chi connectivity index (χ0) is 13.9. The van der Waals surface area contributed by atoms with Crippen LogP contribution in [0.15, 0.2) is 48.5 Å². The molecule has 0 radical (unpaired) electrons. The minimum absolute atomic E-state index is 0.262. The number of rotatable bonds is 3. The van der Waals surface area contributed by atoms with Crippen LogP contribution < -0.4 is 0 Å². The molecule has 1 heterocycles. The fourth-order valence-electron chi connectivity index (χ4n) is 2.71. The van der Waals surface area contributed by atoms with Gasteiger partial charge >= 0.3 is 0 Å². The van der Waals surface area contributed by atoms with Crippen LogP contribution in [0.1, 0.15) is 22.8 Å². The van der Waals surface area contributed by atoms with Crippen molar-refractivity contribution in [2.75, 3.05) is 6.61 Å². The lowest BCUT2D eigenvalue weighted by atomic mass is 9.92. The van der Waals surface area contributed by atoms with Crippen LogP contribution >= 0.6 is 0 Å². The molecule has 1 aliphatic heterocycles. The minimum Gasteiger partial charge on any atom is -0.390 e. The molecule has 2 atom stereocenters. The summed E-state index contributed by atoms with van der Waals surface area (Å²) in [6.45, 7) is 0.627. The summed E-state index contributed by atoms with van der Waals surface area (Å²) in [4.78, 5) is 0. The van der Waals surface area contributed by atoms with E-state index in [4.69, 9.17) is 4.74 Å². The first-order valence-electron chi connectivity index (χ1n) is 6.86. The van der Waals surface area contributed by atoms with E-state index in [1.165, 1.54) is 17.7 Å². The molecule has 0 spiro atoms. The third-order valence-corrected chi connectivity index (χ3v) is 3.74. The van der Waals surface area contributed by atoms with Gasteiger partial charge in [0, 0.05) is 6.42 Å². The molecule has 2 unspecified atom stereocenters. The first kappa shape index (κ1) is 13.3. The number of aliphatic hydroxyl groups is 1. The van der Waals surface area contributed by atoms with Gasteiger partial charge in [-0.05, 0) is 35.2 Å². The van der Waals surface area contributed by atoms with E-state index in [1.54, 1.807) is 12.1 Å². The maximum Gasteiger partial charge on any atom is 0.123 e. The number of hydrogen-bond donors (Lipinski definition) is 1. The SMILES string of the molecule is OC(Cc1ccc(F)cc1)C1OCCc2ccccc21. The van der Waals surface area contributed by atoms with Gasteiger partial charge in [-0.25, -0.2) is 4.39 Å². The van der Waals surface area contributed by atoms with Gasteiger partial charge in [0.05, 0.1) is 12.7 Å². The van der Waals surface area contributed by atoms with E-state index in [2.05, 4.69) is 6.07 Å². The number of benzene rings is 2. The highest BCUT2D eigenvalue weighted by Gasteiger charge is 2.27. The standard InChI is InChI=1S/C17H17FO2/c18-14-7-5-12(6-8-14)11-16(19)17-15-4-2-1-3-13(15)9-10-20-17/h1-8,16-17,19H,9-11H2. The average Bonchev–Trinajstić information content (AvgIpc) is 2.49. The Morgan fingerprint density at radius 3 is 2.70 bits per heavy atom. The lowest BCUT2D eigenvalue weighted by molar-refractivity contribution is -0.0460. The van der Waals surface area contributed by atoms with E-state index < -0.39 is 6.10 Å². The molecule has 0 amide bonds. The molecule has 0 fully saturated rings. The summed E-state index contributed by atoms with van der Waals surface area (Å²) in [7, 11) is 0. The Morgan fingerprint density at radius 1 is 1.15 bits per heavy atom. The molecule has 3 rings (SSSR count). The molecule has 0 saturated heterocycles. The smallest absolute Gasteiger partial charge is 0.123 e. The van der Waals surface area contributed by atoms with Crippen molar-refractivity contribution in [1.82, 2.24) is 0 Å². The molecule has 104 valence electrons. The van der Waals surface area contributed by atoms with Crippen molar-refractivity contribution < 1.29 is 14.2 Å². The quantitative estimate of drug-likeness (QED) is 0.930. The van der Waals surface area contributed by atoms with Crippen molar-refractivity contribution in [2.45, 2.75) is 25.0 Å². The lowest BCUT2D eigenvalue weighted by Crippen LogP contribution is -2.28. The second-order valence-corrected chi connectivity index (χ2v) is 5.14. The van der Waals surface area contributed by atoms with Gasteiger partial charge in [0.1, 0.15) is 11.9 Å². The number of halogens is 1. The van der Waals surface area contributed by atoms with Crippen LogP contribution in [0.4, 0.5) is 4.39 Å². The predicted octanol–water partition coefficient (Wildman–Crippen LogP) is 3.04. The third-order valence-electron chi connectivity index (χ3n) is 3.74. The predicted molar refractivity (Wildman–Crippen MR) is 74.9 cm³/mol. The highest BCUT2D eigenvalue weighted by Crippen LogP contribution is 2.30. The van der Waals surface area contributed by atoms with Crippen molar-refractivity contribution in [2.24, 2.45) is 0 Å². The topological polar surface area (TPSA) is 29.5 Å². The Labute approximate surface area is 117 Å². The number of ether oxygens (including phenoxy) is 1. The van der Waals surface area contributed by atoms with Gasteiger partial charge in [-0.1, -0.05) is 36.4 Å². The number of fused-ring (bicyclic) bond motifs is 1. The number of aliphatic hydroxyl groups excluding tert-OH is 1. The first-order valence-corrected chi connectivity index (χ1v) is 6.86. The van der Waals surface area contributed by atoms with Gasteiger partial charge < -0.3 is 9.84 Å². The summed E-state index contributed by atoms with van der Waals surface area (Å²) in [6.07, 6.45) is 0.418. The van der Waals surface area contributed by atoms with Crippen molar-refractivity contribution in [3.05, 3.63) is 71.0 Å². The van der Waals surface area contributed by atoms with E-state index in [0.29, 0.717) is 13.0 Å². The van der Waals surface area contributed by atoms with E-state index in [0.717, 1.165) is 17.5 Å². The van der Waals surface area contributed by atoms with Crippen LogP contribution in [0.5, 0.6) is 0 Å². The number of hydrogen-bond acceptors (Lipinski definition) is 2. The maximum atomic E-state index is 12.9. The zero-order valence-electron chi connectivity index (χ0n) is 11.1. The lowest BCUT2D eigenvalue weighted by Gasteiger charge is -2.29. The molecule has 2 aromatic carbocycles. The van der Waals surface area contributed by atoms with E-state index in [-0.39, 0.29) is 11.9 Å². The highest BCUT2D eigenvalue weighted by atomic mass is 19.1. The average molecular weight is 272 g/mol. The summed E-state index contributed by atoms with van der Waals surface area (Å²) < 4.78 is 18.6. The Kier molecular flexibility index (Phi) is 3.81. The third kappa shape index (κ3) is 2.74. The van der Waals surface area contributed by atoms with Crippen LogP contribution in [0.3, 0.4) is 0 Å². The molecule has 2 aromatic rings. The molecular formula is C17H17FO2. The normalized spacial score (nSPS) is 19.4. The maximum absolute atomic E-state index is 12.9. The van der Waals surface area contributed by atoms with Gasteiger partial charge in [-0.15, -0.1) is 0 Å². The van der Waals surface area contributed by atoms with E-state index >= 15 is 0 Å². The summed E-state index contributed by atoms with van der Waals surface area (Å²) >= 11 is 0. The molecule has 0 aliphatic carbocycles.